The van der Waals surface area contributed by atoms with Gasteiger partial charge in [-0.2, -0.15) is 0 Å². The first kappa shape index (κ1) is 65.0. The molecule has 0 spiro atoms. The summed E-state index contributed by atoms with van der Waals surface area (Å²) >= 11 is 0. The van der Waals surface area contributed by atoms with E-state index in [1.54, 1.807) is 39.0 Å². The zero-order chi connectivity index (χ0) is 65.9. The quantitative estimate of drug-likeness (QED) is 0.0891. The van der Waals surface area contributed by atoms with Crippen LogP contribution in [0.4, 0.5) is 34.9 Å². The van der Waals surface area contributed by atoms with Crippen LogP contribution in [0.5, 0.6) is 0 Å². The highest BCUT2D eigenvalue weighted by atomic mass is 19.1. The zero-order valence-electron chi connectivity index (χ0n) is 54.4. The van der Waals surface area contributed by atoms with Gasteiger partial charge in [0.1, 0.15) is 5.82 Å². The molecule has 2 atom stereocenters. The summed E-state index contributed by atoms with van der Waals surface area (Å²) in [6, 6.07) is 20.1. The summed E-state index contributed by atoms with van der Waals surface area (Å²) in [7, 11) is 0. The number of aromatic nitrogens is 2. The van der Waals surface area contributed by atoms with Gasteiger partial charge in [-0.1, -0.05) is 55.3 Å². The molecule has 2 aromatic heterocycles. The van der Waals surface area contributed by atoms with Crippen LogP contribution in [0.1, 0.15) is 123 Å². The maximum atomic E-state index is 14.2. The second-order valence-electron chi connectivity index (χ2n) is 27.0. The molecule has 25 heteroatoms. The molecule has 6 saturated heterocycles. The predicted octanol–water partition coefficient (Wildman–Crippen LogP) is 9.07. The molecular weight excluding hydrogens is 1220 g/mol. The third-order valence-electron chi connectivity index (χ3n) is 20.9. The van der Waals surface area contributed by atoms with E-state index < -0.39 is 41.7 Å². The number of fused-ring (bicyclic) bond motifs is 4. The summed E-state index contributed by atoms with van der Waals surface area (Å²) in [5.41, 5.74) is 7.96. The Morgan fingerprint density at radius 3 is 1.38 bits per heavy atom. The summed E-state index contributed by atoms with van der Waals surface area (Å²) in [5.74, 6) is -1.96. The summed E-state index contributed by atoms with van der Waals surface area (Å²) in [5, 5.41) is 5.66. The van der Waals surface area contributed by atoms with Gasteiger partial charge in [0.2, 0.25) is 0 Å². The third-order valence-corrected chi connectivity index (χ3v) is 20.9. The minimum absolute atomic E-state index is 0.00302. The Bertz CT molecular complexity index is 3920. The molecule has 4 aromatic carbocycles. The van der Waals surface area contributed by atoms with Crippen molar-refractivity contribution in [1.29, 1.82) is 0 Å². The Morgan fingerprint density at radius 2 is 0.905 bits per heavy atom. The van der Waals surface area contributed by atoms with Crippen LogP contribution in [0.15, 0.2) is 85.2 Å². The van der Waals surface area contributed by atoms with Crippen molar-refractivity contribution < 1.29 is 51.5 Å². The van der Waals surface area contributed by atoms with Crippen LogP contribution in [0.3, 0.4) is 0 Å². The van der Waals surface area contributed by atoms with Crippen LogP contribution in [0.2, 0.25) is 0 Å². The van der Waals surface area contributed by atoms with Crippen LogP contribution in [-0.2, 0) is 45.0 Å². The number of H-pyrrole nitrogens is 2. The van der Waals surface area contributed by atoms with Crippen LogP contribution in [-0.4, -0.2) is 200 Å². The number of benzene rings is 4. The first-order chi connectivity index (χ1) is 46.0. The predicted molar refractivity (Wildman–Crippen MR) is 352 cm³/mol. The third kappa shape index (κ3) is 14.7. The molecular formula is C70H87FN12O12. The van der Waals surface area contributed by atoms with E-state index in [1.165, 1.54) is 44.6 Å². The number of hydrogen-bond acceptors (Lipinski definition) is 14. The number of ether oxygens (including phenoxy) is 2. The van der Waals surface area contributed by atoms with Gasteiger partial charge in [-0.15, -0.1) is 0 Å². The van der Waals surface area contributed by atoms with E-state index >= 15 is 0 Å². The van der Waals surface area contributed by atoms with Gasteiger partial charge in [-0.25, -0.2) is 33.2 Å². The number of nitrogens with zero attached hydrogens (tertiary/aromatic N) is 8. The number of anilines is 2. The number of urea groups is 2. The number of carbonyl (C=O) groups excluding carboxylic acids is 6. The number of nitrogens with one attached hydrogen (secondary N) is 4. The van der Waals surface area contributed by atoms with Crippen molar-refractivity contribution in [3.05, 3.63) is 127 Å². The van der Waals surface area contributed by atoms with Gasteiger partial charge in [0.05, 0.1) is 16.7 Å². The highest BCUT2D eigenvalue weighted by molar-refractivity contribution is 5.93. The number of oxazole rings is 2. The molecule has 10 heterocycles. The van der Waals surface area contributed by atoms with Crippen molar-refractivity contribution in [2.75, 3.05) is 89.2 Å². The minimum Gasteiger partial charge on any atom is -0.436 e. The number of hydrogen-bond donors (Lipinski definition) is 4. The molecule has 2 unspecified atom stereocenters. The number of amides is 8. The first-order valence-electron chi connectivity index (χ1n) is 34.3. The molecule has 8 aliphatic rings. The van der Waals surface area contributed by atoms with Gasteiger partial charge in [0.15, 0.2) is 23.4 Å². The Kier molecular flexibility index (Phi) is 19.6. The van der Waals surface area contributed by atoms with E-state index in [-0.39, 0.29) is 54.5 Å². The molecule has 4 N–H and O–H groups in total. The molecule has 8 amide bonds. The fourth-order valence-corrected chi connectivity index (χ4v) is 15.7. The van der Waals surface area contributed by atoms with E-state index in [4.69, 9.17) is 18.3 Å². The monoisotopic (exact) mass is 1310 g/mol. The summed E-state index contributed by atoms with van der Waals surface area (Å²) in [6.45, 7) is 13.1. The van der Waals surface area contributed by atoms with Crippen LogP contribution < -0.4 is 22.1 Å². The molecule has 6 aromatic rings. The lowest BCUT2D eigenvalue weighted by Crippen LogP contribution is -2.53. The van der Waals surface area contributed by atoms with E-state index in [9.17, 15) is 42.7 Å². The van der Waals surface area contributed by atoms with Crippen LogP contribution in [0.25, 0.3) is 22.2 Å². The Hall–Kier alpha value is -8.71. The summed E-state index contributed by atoms with van der Waals surface area (Å²) in [4.78, 5) is 126. The largest absolute Gasteiger partial charge is 0.436 e. The fourth-order valence-electron chi connectivity index (χ4n) is 15.7. The number of carbonyl (C=O) groups is 6. The molecule has 0 bridgehead atoms. The highest BCUT2D eigenvalue weighted by Crippen LogP contribution is 2.33. The lowest BCUT2D eigenvalue weighted by atomic mass is 9.98. The molecule has 506 valence electrons. The Morgan fingerprint density at radius 1 is 0.495 bits per heavy atom. The molecule has 95 heavy (non-hydrogen) atoms. The second-order valence-corrected chi connectivity index (χ2v) is 27.0. The molecule has 0 saturated carbocycles. The van der Waals surface area contributed by atoms with Crippen molar-refractivity contribution >= 4 is 69.6 Å². The number of halogens is 1. The van der Waals surface area contributed by atoms with Gasteiger partial charge in [-0.3, -0.25) is 19.6 Å². The lowest BCUT2D eigenvalue weighted by Gasteiger charge is -2.41. The molecule has 24 nitrogen and oxygen atoms in total. The highest BCUT2D eigenvalue weighted by Gasteiger charge is 2.40. The van der Waals surface area contributed by atoms with Crippen molar-refractivity contribution in [2.45, 2.75) is 166 Å². The Labute approximate surface area is 550 Å². The summed E-state index contributed by atoms with van der Waals surface area (Å²) in [6.07, 6.45) is 10.5. The Balaban J connectivity index is 0.000000172. The van der Waals surface area contributed by atoms with E-state index in [2.05, 4.69) is 30.4 Å². The van der Waals surface area contributed by atoms with Crippen LogP contribution >= 0.6 is 0 Å². The van der Waals surface area contributed by atoms with E-state index in [1.807, 2.05) is 64.9 Å². The molecule has 8 aliphatic heterocycles. The molecule has 0 aliphatic carbocycles. The number of para-hydroxylation sites is 2. The zero-order valence-corrected chi connectivity index (χ0v) is 54.4. The second kappa shape index (κ2) is 28.7. The van der Waals surface area contributed by atoms with Crippen molar-refractivity contribution in [1.82, 2.24) is 49.2 Å². The van der Waals surface area contributed by atoms with E-state index in [0.717, 1.165) is 85.4 Å². The van der Waals surface area contributed by atoms with Gasteiger partial charge >= 0.3 is 35.8 Å². The van der Waals surface area contributed by atoms with Crippen molar-refractivity contribution in [3.63, 3.8) is 0 Å². The van der Waals surface area contributed by atoms with Crippen LogP contribution in [0, 0.1) is 19.7 Å². The smallest absolute Gasteiger partial charge is 0.417 e. The fraction of sp³-hybridized carbons (Fsp3) is 0.543. The topological polar surface area (TPSA) is 263 Å². The maximum Gasteiger partial charge on any atom is 0.417 e. The standard InChI is InChI=1S/C35H43FN6O6.C35H44N6O6/c1-22-18-23(19-28-30(22)38-34(45)47-28)20-29(32(43)40-14-8-25(9-15-40)39-12-3-2-4-13-39)48-35(46)41-16-10-26(11-17-41)42-21-24-6-5-7-27(36)31(24)37-33(42)44;1-23-19-24(20-29-31(23)37-34(44)46-29)21-30(32(42)39-15-9-26(10-16-39)38-13-5-2-6-14-38)47-35(45)40-17-11-27(12-18-40)41-22-25-7-3-4-8-28(25)36-33(41)43/h5-7,18-19,25-26,29H,2-4,8-17,20-21H2,1H3,(H,37,44)(H,38,45);3-4,7-8,19-20,26-27,30H,2,5-6,9-18,21-22H2,1H3,(H,36,43)(H,37,44). The number of aryl methyl sites for hydroxylation is 2. The first-order valence-corrected chi connectivity index (χ1v) is 34.3. The number of aromatic amines is 2. The SMILES string of the molecule is Cc1cc(CC(OC(=O)N2CCC(N3Cc4cccc(F)c4NC3=O)CC2)C(=O)N2CCC(N3CCCCC3)CC2)cc2oc(=O)[nH]c12.Cc1cc(CC(OC(=O)N2CCC(N3Cc4ccccc4NC3=O)CC2)C(=O)N2CCC(N3CCCCC3)CC2)cc2oc(=O)[nH]c12. The minimum atomic E-state index is -1.05. The number of likely N-dealkylation sites (tertiary alicyclic amines) is 6. The van der Waals surface area contributed by atoms with Gasteiger partial charge in [0.25, 0.3) is 11.8 Å². The molecule has 14 rings (SSSR count). The molecule has 6 fully saturated rings. The van der Waals surface area contributed by atoms with Crippen molar-refractivity contribution in [2.24, 2.45) is 0 Å². The van der Waals surface area contributed by atoms with Crippen molar-refractivity contribution in [3.8, 4) is 0 Å². The number of rotatable bonds is 12. The lowest BCUT2D eigenvalue weighted by molar-refractivity contribution is -0.143. The normalized spacial score (nSPS) is 20.5. The van der Waals surface area contributed by atoms with Gasteiger partial charge in [-0.05, 0) is 175 Å². The van der Waals surface area contributed by atoms with Gasteiger partial charge in [0, 0.05) is 108 Å². The number of piperidine rings is 6. The summed E-state index contributed by atoms with van der Waals surface area (Å²) < 4.78 is 36.9. The average molecular weight is 1310 g/mol. The average Bonchev–Trinajstić information content (AvgIpc) is 0.989. The van der Waals surface area contributed by atoms with Gasteiger partial charge < -0.3 is 68.1 Å². The van der Waals surface area contributed by atoms with E-state index in [0.29, 0.717) is 131 Å². The molecule has 0 radical (unpaired) electrons. The maximum absolute atomic E-state index is 14.2.